The van der Waals surface area contributed by atoms with Crippen LogP contribution in [0.3, 0.4) is 0 Å². The number of nitrogens with zero attached hydrogens (tertiary/aromatic N) is 2. The molecule has 2 nitrogen and oxygen atoms in total. The van der Waals surface area contributed by atoms with E-state index in [0.717, 1.165) is 28.4 Å². The summed E-state index contributed by atoms with van der Waals surface area (Å²) < 4.78 is 2.31. The van der Waals surface area contributed by atoms with Gasteiger partial charge in [-0.1, -0.05) is 31.4 Å². The average molecular weight is 325 g/mol. The summed E-state index contributed by atoms with van der Waals surface area (Å²) in [5.41, 5.74) is 2.51. The Kier molecular flexibility index (Phi) is 4.20. The molecular weight excluding hydrogens is 303 g/mol. The molecule has 1 saturated carbocycles. The SMILES string of the molecule is CCC1(Cn2c(C(C)Cl)nc3ccc(Cl)cc32)CCCC1. The molecule has 4 heteroatoms. The molecule has 1 aliphatic rings. The molecule has 0 radical (unpaired) electrons. The highest BCUT2D eigenvalue weighted by atomic mass is 35.5. The summed E-state index contributed by atoms with van der Waals surface area (Å²) in [6.07, 6.45) is 6.50. The number of hydrogen-bond donors (Lipinski definition) is 0. The molecule has 1 aromatic carbocycles. The molecule has 0 amide bonds. The lowest BCUT2D eigenvalue weighted by molar-refractivity contribution is 0.237. The van der Waals surface area contributed by atoms with E-state index in [4.69, 9.17) is 28.2 Å². The maximum absolute atomic E-state index is 6.38. The van der Waals surface area contributed by atoms with Gasteiger partial charge < -0.3 is 4.57 Å². The molecule has 21 heavy (non-hydrogen) atoms. The van der Waals surface area contributed by atoms with Gasteiger partial charge >= 0.3 is 0 Å². The summed E-state index contributed by atoms with van der Waals surface area (Å²) in [6, 6.07) is 5.91. The number of rotatable bonds is 4. The molecule has 1 fully saturated rings. The zero-order chi connectivity index (χ0) is 15.0. The third-order valence-electron chi connectivity index (χ3n) is 5.00. The summed E-state index contributed by atoms with van der Waals surface area (Å²) in [4.78, 5) is 4.73. The Morgan fingerprint density at radius 1 is 1.33 bits per heavy atom. The van der Waals surface area contributed by atoms with Crippen LogP contribution in [0.1, 0.15) is 57.2 Å². The van der Waals surface area contributed by atoms with Crippen LogP contribution in [0.2, 0.25) is 5.02 Å². The maximum atomic E-state index is 6.38. The Labute approximate surface area is 136 Å². The number of halogens is 2. The maximum Gasteiger partial charge on any atom is 0.127 e. The van der Waals surface area contributed by atoms with Crippen molar-refractivity contribution in [1.29, 1.82) is 0 Å². The molecule has 1 aromatic heterocycles. The lowest BCUT2D eigenvalue weighted by Gasteiger charge is -2.29. The van der Waals surface area contributed by atoms with E-state index < -0.39 is 0 Å². The first-order valence-electron chi connectivity index (χ1n) is 7.84. The van der Waals surface area contributed by atoms with Crippen LogP contribution in [-0.4, -0.2) is 9.55 Å². The van der Waals surface area contributed by atoms with Crippen LogP contribution < -0.4 is 0 Å². The molecule has 0 bridgehead atoms. The van der Waals surface area contributed by atoms with E-state index in [9.17, 15) is 0 Å². The molecule has 1 aliphatic carbocycles. The Bertz CT molecular complexity index is 640. The van der Waals surface area contributed by atoms with Crippen molar-refractivity contribution in [3.63, 3.8) is 0 Å². The monoisotopic (exact) mass is 324 g/mol. The molecule has 0 spiro atoms. The third-order valence-corrected chi connectivity index (χ3v) is 5.43. The number of imidazole rings is 1. The van der Waals surface area contributed by atoms with E-state index in [0.29, 0.717) is 5.41 Å². The van der Waals surface area contributed by atoms with Crippen LogP contribution in [0.5, 0.6) is 0 Å². The van der Waals surface area contributed by atoms with Crippen LogP contribution >= 0.6 is 23.2 Å². The third kappa shape index (κ3) is 2.80. The number of fused-ring (bicyclic) bond motifs is 1. The fourth-order valence-corrected chi connectivity index (χ4v) is 4.00. The van der Waals surface area contributed by atoms with Gasteiger partial charge in [0.25, 0.3) is 0 Å². The van der Waals surface area contributed by atoms with E-state index in [1.165, 1.54) is 32.1 Å². The Morgan fingerprint density at radius 2 is 2.05 bits per heavy atom. The first-order valence-corrected chi connectivity index (χ1v) is 8.66. The number of aromatic nitrogens is 2. The minimum Gasteiger partial charge on any atom is -0.326 e. The van der Waals surface area contributed by atoms with E-state index in [2.05, 4.69) is 11.5 Å². The summed E-state index contributed by atoms with van der Waals surface area (Å²) in [7, 11) is 0. The van der Waals surface area contributed by atoms with Crippen molar-refractivity contribution in [2.75, 3.05) is 0 Å². The van der Waals surface area contributed by atoms with Crippen molar-refractivity contribution in [3.05, 3.63) is 29.0 Å². The van der Waals surface area contributed by atoms with Gasteiger partial charge in [-0.25, -0.2) is 4.98 Å². The fourth-order valence-electron chi connectivity index (χ4n) is 3.67. The normalized spacial score (nSPS) is 19.2. The predicted molar refractivity (Wildman–Crippen MR) is 90.2 cm³/mol. The van der Waals surface area contributed by atoms with E-state index >= 15 is 0 Å². The van der Waals surface area contributed by atoms with Gasteiger partial charge in [-0.3, -0.25) is 0 Å². The second kappa shape index (κ2) is 5.81. The number of benzene rings is 1. The molecule has 2 aromatic rings. The minimum absolute atomic E-state index is 0.0912. The first kappa shape index (κ1) is 15.2. The van der Waals surface area contributed by atoms with E-state index in [1.54, 1.807) is 0 Å². The van der Waals surface area contributed by atoms with Gasteiger partial charge in [0.1, 0.15) is 5.82 Å². The lowest BCUT2D eigenvalue weighted by atomic mass is 9.83. The topological polar surface area (TPSA) is 17.8 Å². The van der Waals surface area contributed by atoms with Crippen molar-refractivity contribution in [1.82, 2.24) is 9.55 Å². The molecule has 1 unspecified atom stereocenters. The number of hydrogen-bond acceptors (Lipinski definition) is 1. The average Bonchev–Trinajstić information content (AvgIpc) is 3.05. The van der Waals surface area contributed by atoms with Crippen LogP contribution in [0.15, 0.2) is 18.2 Å². The smallest absolute Gasteiger partial charge is 0.127 e. The van der Waals surface area contributed by atoms with Gasteiger partial charge in [-0.15, -0.1) is 11.6 Å². The Morgan fingerprint density at radius 3 is 2.67 bits per heavy atom. The van der Waals surface area contributed by atoms with Gasteiger partial charge in [-0.05, 0) is 49.8 Å². The zero-order valence-electron chi connectivity index (χ0n) is 12.7. The molecule has 0 N–H and O–H groups in total. The van der Waals surface area contributed by atoms with Crippen molar-refractivity contribution in [3.8, 4) is 0 Å². The fraction of sp³-hybridized carbons (Fsp3) is 0.588. The molecule has 1 atom stereocenters. The molecule has 0 aliphatic heterocycles. The first-order chi connectivity index (χ1) is 10.0. The quantitative estimate of drug-likeness (QED) is 0.634. The van der Waals surface area contributed by atoms with Gasteiger partial charge in [-0.2, -0.15) is 0 Å². The highest BCUT2D eigenvalue weighted by Gasteiger charge is 2.33. The summed E-state index contributed by atoms with van der Waals surface area (Å²) in [5.74, 6) is 0.966. The zero-order valence-corrected chi connectivity index (χ0v) is 14.2. The molecule has 114 valence electrons. The Balaban J connectivity index is 2.10. The molecule has 3 rings (SSSR count). The molecular formula is C17H22Cl2N2. The standard InChI is InChI=1S/C17H22Cl2N2/c1-3-17(8-4-5-9-17)11-21-15-10-13(19)6-7-14(15)20-16(21)12(2)18/h6-7,10,12H,3-5,8-9,11H2,1-2H3. The lowest BCUT2D eigenvalue weighted by Crippen LogP contribution is -2.24. The van der Waals surface area contributed by atoms with Crippen LogP contribution in [-0.2, 0) is 6.54 Å². The van der Waals surface area contributed by atoms with Gasteiger partial charge in [0.15, 0.2) is 0 Å². The largest absolute Gasteiger partial charge is 0.326 e. The Hall–Kier alpha value is -0.730. The summed E-state index contributed by atoms with van der Waals surface area (Å²) >= 11 is 12.6. The van der Waals surface area contributed by atoms with Crippen molar-refractivity contribution in [2.45, 2.75) is 57.9 Å². The summed E-state index contributed by atoms with van der Waals surface area (Å²) in [6.45, 7) is 5.31. The van der Waals surface area contributed by atoms with Gasteiger partial charge in [0.2, 0.25) is 0 Å². The van der Waals surface area contributed by atoms with Gasteiger partial charge in [0.05, 0.1) is 16.4 Å². The minimum atomic E-state index is -0.0912. The van der Waals surface area contributed by atoms with Crippen molar-refractivity contribution >= 4 is 34.2 Å². The van der Waals surface area contributed by atoms with Crippen molar-refractivity contribution < 1.29 is 0 Å². The van der Waals surface area contributed by atoms with Crippen molar-refractivity contribution in [2.24, 2.45) is 5.41 Å². The number of alkyl halides is 1. The van der Waals surface area contributed by atoms with Crippen LogP contribution in [0, 0.1) is 5.41 Å². The van der Waals surface area contributed by atoms with Crippen LogP contribution in [0.25, 0.3) is 11.0 Å². The van der Waals surface area contributed by atoms with E-state index in [1.807, 2.05) is 25.1 Å². The highest BCUT2D eigenvalue weighted by Crippen LogP contribution is 2.43. The van der Waals surface area contributed by atoms with Gasteiger partial charge in [0, 0.05) is 11.6 Å². The summed E-state index contributed by atoms with van der Waals surface area (Å²) in [5, 5.41) is 0.667. The van der Waals surface area contributed by atoms with E-state index in [-0.39, 0.29) is 5.38 Å². The van der Waals surface area contributed by atoms with Crippen LogP contribution in [0.4, 0.5) is 0 Å². The second-order valence-electron chi connectivity index (χ2n) is 6.37. The second-order valence-corrected chi connectivity index (χ2v) is 7.46. The predicted octanol–water partition coefficient (Wildman–Crippen LogP) is 5.96. The highest BCUT2D eigenvalue weighted by molar-refractivity contribution is 6.31. The molecule has 1 heterocycles. The molecule has 0 saturated heterocycles.